The van der Waals surface area contributed by atoms with Crippen LogP contribution in [0.5, 0.6) is 0 Å². The molecule has 0 aliphatic rings. The van der Waals surface area contributed by atoms with E-state index in [1.807, 2.05) is 66.7 Å². The van der Waals surface area contributed by atoms with Gasteiger partial charge in [0.25, 0.3) is 0 Å². The number of furan rings is 1. The lowest BCUT2D eigenvalue weighted by atomic mass is 10.0. The van der Waals surface area contributed by atoms with Crippen LogP contribution in [0.15, 0.2) is 83.7 Å². The van der Waals surface area contributed by atoms with E-state index in [4.69, 9.17) is 9.52 Å². The van der Waals surface area contributed by atoms with E-state index in [0.717, 1.165) is 27.8 Å². The summed E-state index contributed by atoms with van der Waals surface area (Å²) < 4.78 is 5.12. The molecule has 1 N–H and O–H groups in total. The van der Waals surface area contributed by atoms with Crippen LogP contribution in [0.4, 0.5) is 0 Å². The summed E-state index contributed by atoms with van der Waals surface area (Å²) >= 11 is 0. The van der Waals surface area contributed by atoms with E-state index in [1.165, 1.54) is 0 Å². The minimum atomic E-state index is -0.846. The number of hydrogen-bond acceptors (Lipinski definition) is 3. The Morgan fingerprint density at radius 1 is 1.07 bits per heavy atom. The third kappa shape index (κ3) is 5.47. The van der Waals surface area contributed by atoms with Crippen LogP contribution in [0.3, 0.4) is 0 Å². The Morgan fingerprint density at radius 3 is 2.46 bits per heavy atom. The van der Waals surface area contributed by atoms with Gasteiger partial charge in [-0.25, -0.2) is 0 Å². The van der Waals surface area contributed by atoms with Gasteiger partial charge in [0.1, 0.15) is 0 Å². The van der Waals surface area contributed by atoms with Crippen molar-refractivity contribution in [3.8, 4) is 23.0 Å². The predicted octanol–water partition coefficient (Wildman–Crippen LogP) is 4.40. The third-order valence-electron chi connectivity index (χ3n) is 4.18. The van der Waals surface area contributed by atoms with E-state index < -0.39 is 5.97 Å². The summed E-state index contributed by atoms with van der Waals surface area (Å²) in [5, 5.41) is 8.91. The largest absolute Gasteiger partial charge is 0.480 e. The molecule has 0 atom stereocenters. The summed E-state index contributed by atoms with van der Waals surface area (Å²) in [5.41, 5.74) is 4.90. The fraction of sp³-hybridized carbons (Fsp3) is 0.125. The average Bonchev–Trinajstić information content (AvgIpc) is 3.23. The molecular formula is C24H21NO3. The molecule has 0 bridgehead atoms. The molecule has 0 aliphatic carbocycles. The van der Waals surface area contributed by atoms with E-state index in [2.05, 4.69) is 11.8 Å². The molecule has 0 radical (unpaired) electrons. The first-order valence-electron chi connectivity index (χ1n) is 8.92. The fourth-order valence-corrected chi connectivity index (χ4v) is 2.72. The molecule has 140 valence electrons. The van der Waals surface area contributed by atoms with Crippen molar-refractivity contribution in [2.24, 2.45) is 0 Å². The molecule has 0 saturated heterocycles. The van der Waals surface area contributed by atoms with Gasteiger partial charge in [-0.2, -0.15) is 0 Å². The Balaban J connectivity index is 1.81. The lowest BCUT2D eigenvalue weighted by Gasteiger charge is -2.11. The molecule has 4 heteroatoms. The zero-order valence-corrected chi connectivity index (χ0v) is 15.6. The van der Waals surface area contributed by atoms with Gasteiger partial charge in [-0.1, -0.05) is 60.4 Å². The Bertz CT molecular complexity index is 992. The molecule has 0 unspecified atom stereocenters. The first-order chi connectivity index (χ1) is 13.6. The quantitative estimate of drug-likeness (QED) is 0.653. The van der Waals surface area contributed by atoms with Crippen LogP contribution >= 0.6 is 0 Å². The number of benzene rings is 2. The number of likely N-dealkylation sites (N-methyl/N-ethyl adjacent to an activating group) is 1. The van der Waals surface area contributed by atoms with Crippen LogP contribution in [0.25, 0.3) is 16.7 Å². The SMILES string of the molecule is CN(CC=C(C#Cc1ccc(-c2ccoc2)cc1)c1ccccc1)CC(=O)O. The van der Waals surface area contributed by atoms with E-state index in [-0.39, 0.29) is 6.54 Å². The van der Waals surface area contributed by atoms with Crippen LogP contribution in [-0.4, -0.2) is 36.1 Å². The molecule has 0 saturated carbocycles. The number of hydrogen-bond donors (Lipinski definition) is 1. The van der Waals surface area contributed by atoms with E-state index in [1.54, 1.807) is 24.5 Å². The summed E-state index contributed by atoms with van der Waals surface area (Å²) in [6.07, 6.45) is 5.33. The number of aliphatic carboxylic acids is 1. The van der Waals surface area contributed by atoms with Crippen molar-refractivity contribution in [1.29, 1.82) is 0 Å². The van der Waals surface area contributed by atoms with Gasteiger partial charge in [0.05, 0.1) is 19.1 Å². The Labute approximate surface area is 164 Å². The van der Waals surface area contributed by atoms with Crippen LogP contribution in [0.2, 0.25) is 0 Å². The topological polar surface area (TPSA) is 53.7 Å². The monoisotopic (exact) mass is 371 g/mol. The van der Waals surface area contributed by atoms with Gasteiger partial charge in [-0.3, -0.25) is 9.69 Å². The van der Waals surface area contributed by atoms with Crippen LogP contribution in [0.1, 0.15) is 11.1 Å². The van der Waals surface area contributed by atoms with Gasteiger partial charge in [0, 0.05) is 23.2 Å². The molecular weight excluding hydrogens is 350 g/mol. The lowest BCUT2D eigenvalue weighted by molar-refractivity contribution is -0.137. The highest BCUT2D eigenvalue weighted by molar-refractivity contribution is 5.80. The normalized spacial score (nSPS) is 11.1. The molecule has 1 heterocycles. The van der Waals surface area contributed by atoms with Gasteiger partial charge in [-0.15, -0.1) is 0 Å². The van der Waals surface area contributed by atoms with Gasteiger partial charge < -0.3 is 9.52 Å². The van der Waals surface area contributed by atoms with Crippen LogP contribution in [-0.2, 0) is 4.79 Å². The summed E-state index contributed by atoms with van der Waals surface area (Å²) in [4.78, 5) is 12.6. The second-order valence-corrected chi connectivity index (χ2v) is 6.41. The summed E-state index contributed by atoms with van der Waals surface area (Å²) in [7, 11) is 1.77. The summed E-state index contributed by atoms with van der Waals surface area (Å²) in [5.74, 6) is 5.59. The fourth-order valence-electron chi connectivity index (χ4n) is 2.72. The van der Waals surface area contributed by atoms with Crippen molar-refractivity contribution in [3.05, 3.63) is 90.4 Å². The van der Waals surface area contributed by atoms with E-state index in [9.17, 15) is 4.79 Å². The number of nitrogens with zero attached hydrogens (tertiary/aromatic N) is 1. The molecule has 0 amide bonds. The number of rotatable bonds is 6. The first kappa shape index (κ1) is 19.2. The average molecular weight is 371 g/mol. The van der Waals surface area contributed by atoms with Crippen molar-refractivity contribution in [1.82, 2.24) is 4.90 Å². The van der Waals surface area contributed by atoms with E-state index in [0.29, 0.717) is 6.54 Å². The van der Waals surface area contributed by atoms with Gasteiger partial charge >= 0.3 is 5.97 Å². The molecule has 28 heavy (non-hydrogen) atoms. The van der Waals surface area contributed by atoms with Gasteiger partial charge in [-0.05, 0) is 36.4 Å². The molecule has 2 aromatic carbocycles. The van der Waals surface area contributed by atoms with Crippen molar-refractivity contribution < 1.29 is 14.3 Å². The number of allylic oxidation sites excluding steroid dienone is 1. The highest BCUT2D eigenvalue weighted by atomic mass is 16.4. The Hall–Kier alpha value is -3.55. The maximum Gasteiger partial charge on any atom is 0.317 e. The first-order valence-corrected chi connectivity index (χ1v) is 8.92. The lowest BCUT2D eigenvalue weighted by Crippen LogP contribution is -2.25. The smallest absolute Gasteiger partial charge is 0.317 e. The van der Waals surface area contributed by atoms with Gasteiger partial charge in [0.15, 0.2) is 0 Å². The molecule has 4 nitrogen and oxygen atoms in total. The number of carboxylic acids is 1. The third-order valence-corrected chi connectivity index (χ3v) is 4.18. The van der Waals surface area contributed by atoms with Gasteiger partial charge in [0.2, 0.25) is 0 Å². The standard InChI is InChI=1S/C24H21NO3/c1-25(17-24(26)27)15-13-22(20-5-3-2-4-6-20)12-9-19-7-10-21(11-8-19)23-14-16-28-18-23/h2-8,10-11,13-14,16,18H,15,17H2,1H3,(H,26,27). The maximum absolute atomic E-state index is 10.9. The highest BCUT2D eigenvalue weighted by Crippen LogP contribution is 2.20. The summed E-state index contributed by atoms with van der Waals surface area (Å²) in [6.45, 7) is 0.492. The van der Waals surface area contributed by atoms with Crippen molar-refractivity contribution in [2.75, 3.05) is 20.1 Å². The molecule has 3 rings (SSSR count). The van der Waals surface area contributed by atoms with Crippen LogP contribution in [0, 0.1) is 11.8 Å². The summed E-state index contributed by atoms with van der Waals surface area (Å²) in [6, 6.07) is 19.8. The van der Waals surface area contributed by atoms with Crippen molar-refractivity contribution >= 4 is 11.5 Å². The maximum atomic E-state index is 10.9. The molecule has 0 fully saturated rings. The Kier molecular flexibility index (Phi) is 6.46. The second kappa shape index (κ2) is 9.40. The second-order valence-electron chi connectivity index (χ2n) is 6.41. The minimum absolute atomic E-state index is 0.0124. The van der Waals surface area contributed by atoms with Crippen molar-refractivity contribution in [2.45, 2.75) is 0 Å². The molecule has 3 aromatic rings. The highest BCUT2D eigenvalue weighted by Gasteiger charge is 2.04. The Morgan fingerprint density at radius 2 is 1.82 bits per heavy atom. The minimum Gasteiger partial charge on any atom is -0.480 e. The zero-order valence-electron chi connectivity index (χ0n) is 15.6. The zero-order chi connectivity index (χ0) is 19.8. The van der Waals surface area contributed by atoms with E-state index >= 15 is 0 Å². The molecule has 0 aliphatic heterocycles. The van der Waals surface area contributed by atoms with Crippen LogP contribution < -0.4 is 0 Å². The molecule has 0 spiro atoms. The molecule has 1 aromatic heterocycles. The number of carbonyl (C=O) groups is 1. The number of carboxylic acid groups (broad SMARTS) is 1. The predicted molar refractivity (Wildman–Crippen MR) is 111 cm³/mol. The van der Waals surface area contributed by atoms with Crippen molar-refractivity contribution in [3.63, 3.8) is 0 Å².